The number of nitrogens with zero attached hydrogens (tertiary/aromatic N) is 2. The summed E-state index contributed by atoms with van der Waals surface area (Å²) >= 11 is 0. The van der Waals surface area contributed by atoms with Crippen molar-refractivity contribution in [2.24, 2.45) is 15.9 Å². The van der Waals surface area contributed by atoms with Crippen LogP contribution < -0.4 is 21.3 Å². The first-order valence-electron chi connectivity index (χ1n) is 10.9. The second-order valence-electron chi connectivity index (χ2n) is 9.07. The fourth-order valence-electron chi connectivity index (χ4n) is 2.75. The molecule has 1 saturated carbocycles. The minimum absolute atomic E-state index is 0.203. The van der Waals surface area contributed by atoms with E-state index in [4.69, 9.17) is 4.74 Å². The van der Waals surface area contributed by atoms with Gasteiger partial charge in [0.05, 0.1) is 13.2 Å². The third-order valence-corrected chi connectivity index (χ3v) is 3.95. The lowest BCUT2D eigenvalue weighted by molar-refractivity contribution is 0.109. The summed E-state index contributed by atoms with van der Waals surface area (Å²) < 4.78 is 5.96. The number of rotatable bonds is 10. The van der Waals surface area contributed by atoms with Gasteiger partial charge in [0.25, 0.3) is 0 Å². The molecule has 0 amide bonds. The van der Waals surface area contributed by atoms with Gasteiger partial charge >= 0.3 is 0 Å². The summed E-state index contributed by atoms with van der Waals surface area (Å²) in [5.41, 5.74) is 0. The van der Waals surface area contributed by atoms with Gasteiger partial charge in [0.2, 0.25) is 0 Å². The van der Waals surface area contributed by atoms with E-state index in [0.29, 0.717) is 30.7 Å². The molecule has 1 rings (SSSR count). The van der Waals surface area contributed by atoms with E-state index in [-0.39, 0.29) is 18.1 Å². The average Bonchev–Trinajstić information content (AvgIpc) is 3.21. The number of aliphatic imine (C=N–C) groups is 2. The van der Waals surface area contributed by atoms with E-state index in [1.165, 1.54) is 0 Å². The van der Waals surface area contributed by atoms with Gasteiger partial charge in [-0.25, -0.2) is 0 Å². The molecule has 0 radical (unpaired) electrons. The van der Waals surface area contributed by atoms with E-state index in [9.17, 15) is 0 Å². The van der Waals surface area contributed by atoms with Crippen molar-refractivity contribution in [2.45, 2.75) is 105 Å². The highest BCUT2D eigenvalue weighted by Gasteiger charge is 2.38. The summed E-state index contributed by atoms with van der Waals surface area (Å²) in [7, 11) is 0. The molecule has 0 heterocycles. The van der Waals surface area contributed by atoms with Crippen molar-refractivity contribution in [2.75, 3.05) is 13.2 Å². The minimum Gasteiger partial charge on any atom is -0.379 e. The molecular formula is C21H44N6O. The van der Waals surface area contributed by atoms with Crippen LogP contribution in [-0.2, 0) is 4.74 Å². The molecule has 4 N–H and O–H groups in total. The zero-order valence-corrected chi connectivity index (χ0v) is 19.5. The molecule has 0 aromatic carbocycles. The predicted molar refractivity (Wildman–Crippen MR) is 120 cm³/mol. The number of hydrogen-bond acceptors (Lipinski definition) is 3. The van der Waals surface area contributed by atoms with Crippen molar-refractivity contribution in [1.82, 2.24) is 21.3 Å². The molecule has 7 nitrogen and oxygen atoms in total. The Balaban J connectivity index is 2.34. The maximum atomic E-state index is 5.96. The number of ether oxygens (including phenoxy) is 1. The van der Waals surface area contributed by atoms with Crippen LogP contribution in [0.5, 0.6) is 0 Å². The maximum Gasteiger partial charge on any atom is 0.192 e. The number of nitrogens with one attached hydrogen (secondary N) is 4. The van der Waals surface area contributed by atoms with Crippen molar-refractivity contribution in [1.29, 1.82) is 0 Å². The maximum absolute atomic E-state index is 5.96. The van der Waals surface area contributed by atoms with Crippen LogP contribution in [0, 0.1) is 5.92 Å². The Morgan fingerprint density at radius 2 is 1.36 bits per heavy atom. The van der Waals surface area contributed by atoms with Crippen LogP contribution >= 0.6 is 0 Å². The van der Waals surface area contributed by atoms with Crippen molar-refractivity contribution in [3.8, 4) is 0 Å². The molecule has 7 heteroatoms. The van der Waals surface area contributed by atoms with Gasteiger partial charge in [-0.05, 0) is 68.7 Å². The third-order valence-electron chi connectivity index (χ3n) is 3.95. The van der Waals surface area contributed by atoms with Crippen molar-refractivity contribution >= 4 is 11.9 Å². The van der Waals surface area contributed by atoms with Crippen molar-refractivity contribution in [3.63, 3.8) is 0 Å². The topological polar surface area (TPSA) is 82.1 Å². The lowest BCUT2D eigenvalue weighted by Gasteiger charge is -2.21. The van der Waals surface area contributed by atoms with Gasteiger partial charge in [0.15, 0.2) is 11.9 Å². The van der Waals surface area contributed by atoms with Gasteiger partial charge < -0.3 is 26.0 Å². The van der Waals surface area contributed by atoms with E-state index < -0.39 is 0 Å². The second-order valence-corrected chi connectivity index (χ2v) is 9.07. The summed E-state index contributed by atoms with van der Waals surface area (Å²) in [6.07, 6.45) is 1.13. The van der Waals surface area contributed by atoms with Crippen LogP contribution in [0.2, 0.25) is 0 Å². The van der Waals surface area contributed by atoms with E-state index in [2.05, 4.69) is 93.6 Å². The summed E-state index contributed by atoms with van der Waals surface area (Å²) in [5.74, 6) is 2.30. The number of hydrogen-bond donors (Lipinski definition) is 4. The molecule has 1 fully saturated rings. The van der Waals surface area contributed by atoms with Gasteiger partial charge in [0, 0.05) is 42.2 Å². The lowest BCUT2D eigenvalue weighted by atomic mass is 10.3. The monoisotopic (exact) mass is 396 g/mol. The molecule has 0 saturated heterocycles. The predicted octanol–water partition coefficient (Wildman–Crippen LogP) is 2.48. The molecule has 0 aromatic heterocycles. The molecule has 3 unspecified atom stereocenters. The first-order chi connectivity index (χ1) is 13.1. The van der Waals surface area contributed by atoms with E-state index in [1.807, 2.05) is 0 Å². The Bertz CT molecular complexity index is 501. The highest BCUT2D eigenvalue weighted by molar-refractivity contribution is 5.81. The highest BCUT2D eigenvalue weighted by atomic mass is 16.5. The lowest BCUT2D eigenvalue weighted by Crippen LogP contribution is -2.47. The van der Waals surface area contributed by atoms with Gasteiger partial charge in [-0.2, -0.15) is 0 Å². The summed E-state index contributed by atoms with van der Waals surface area (Å²) in [5, 5.41) is 13.7. The van der Waals surface area contributed by atoms with E-state index in [0.717, 1.165) is 24.9 Å². The van der Waals surface area contributed by atoms with Gasteiger partial charge in [-0.1, -0.05) is 0 Å². The van der Waals surface area contributed by atoms with Gasteiger partial charge in [0.1, 0.15) is 0 Å². The molecule has 0 aromatic rings. The quantitative estimate of drug-likeness (QED) is 0.337. The summed E-state index contributed by atoms with van der Waals surface area (Å²) in [4.78, 5) is 9.26. The Hall–Kier alpha value is -1.50. The Morgan fingerprint density at radius 1 is 0.821 bits per heavy atom. The van der Waals surface area contributed by atoms with Crippen molar-refractivity contribution < 1.29 is 4.74 Å². The van der Waals surface area contributed by atoms with E-state index in [1.54, 1.807) is 0 Å². The van der Waals surface area contributed by atoms with Crippen molar-refractivity contribution in [3.05, 3.63) is 0 Å². The summed E-state index contributed by atoms with van der Waals surface area (Å²) in [6, 6.07) is 1.89. The summed E-state index contributed by atoms with van der Waals surface area (Å²) in [6.45, 7) is 20.4. The van der Waals surface area contributed by atoms with Gasteiger partial charge in [-0.3, -0.25) is 9.98 Å². The zero-order chi connectivity index (χ0) is 21.3. The standard InChI is InChI=1S/C21H44N6O/c1-13(2)22-20(23-14(3)4)26-17(9)11-28-12-18-10-19(18)27-21(24-15(5)6)25-16(7)8/h13-19H,10-12H2,1-9H3,(H2,22,23,26)(H2,24,25,27). The number of guanidine groups is 2. The first kappa shape index (κ1) is 24.5. The highest BCUT2D eigenvalue weighted by Crippen LogP contribution is 2.30. The minimum atomic E-state index is 0.203. The molecule has 0 aliphatic heterocycles. The van der Waals surface area contributed by atoms with Gasteiger partial charge in [-0.15, -0.1) is 0 Å². The fourth-order valence-corrected chi connectivity index (χ4v) is 2.75. The van der Waals surface area contributed by atoms with E-state index >= 15 is 0 Å². The third kappa shape index (κ3) is 11.4. The fraction of sp³-hybridized carbons (Fsp3) is 0.905. The smallest absolute Gasteiger partial charge is 0.192 e. The largest absolute Gasteiger partial charge is 0.379 e. The molecule has 164 valence electrons. The molecule has 3 atom stereocenters. The van der Waals surface area contributed by atoms with Crippen LogP contribution in [-0.4, -0.2) is 61.4 Å². The Labute approximate surface area is 172 Å². The molecule has 1 aliphatic rings. The Kier molecular flexibility index (Phi) is 10.6. The molecule has 0 bridgehead atoms. The zero-order valence-electron chi connectivity index (χ0n) is 19.5. The second kappa shape index (κ2) is 12.1. The van der Waals surface area contributed by atoms with Crippen LogP contribution in [0.1, 0.15) is 68.7 Å². The molecule has 0 spiro atoms. The molecule has 1 aliphatic carbocycles. The van der Waals surface area contributed by atoms with Crippen LogP contribution in [0.3, 0.4) is 0 Å². The molecule has 28 heavy (non-hydrogen) atoms. The normalized spacial score (nSPS) is 21.5. The first-order valence-corrected chi connectivity index (χ1v) is 10.9. The SMILES string of the molecule is CC(C)/N=C(/NC(C)C)NC(C)COCC1CC1N/C(=N\C(C)C)NC(C)C. The van der Waals surface area contributed by atoms with Crippen LogP contribution in [0.4, 0.5) is 0 Å². The average molecular weight is 397 g/mol. The van der Waals surface area contributed by atoms with Crippen LogP contribution in [0.25, 0.3) is 0 Å². The molecular weight excluding hydrogens is 352 g/mol. The Morgan fingerprint density at radius 3 is 1.89 bits per heavy atom. The van der Waals surface area contributed by atoms with Crippen LogP contribution in [0.15, 0.2) is 9.98 Å².